The number of hydrogen-bond donors (Lipinski definition) is 0. The highest BCUT2D eigenvalue weighted by atomic mass is 28.3. The summed E-state index contributed by atoms with van der Waals surface area (Å²) < 4.78 is 18.0. The van der Waals surface area contributed by atoms with Gasteiger partial charge in [0, 0.05) is 14.7 Å². The second kappa shape index (κ2) is 7.87. The molecule has 0 spiro atoms. The minimum atomic E-state index is -1.10. The molecule has 0 amide bonds. The fraction of sp³-hybridized carbons (Fsp3) is 0.600. The van der Waals surface area contributed by atoms with Crippen molar-refractivity contribution in [2.45, 2.75) is 64.6 Å². The third-order valence-corrected chi connectivity index (χ3v) is 7.36. The van der Waals surface area contributed by atoms with Crippen LogP contribution in [0, 0.1) is 0 Å². The maximum atomic E-state index is 6.12. The van der Waals surface area contributed by atoms with Crippen LogP contribution in [0.1, 0.15) is 27.7 Å². The van der Waals surface area contributed by atoms with E-state index in [9.17, 15) is 0 Å². The molecule has 0 aromatic heterocycles. The molecule has 0 bridgehead atoms. The highest BCUT2D eigenvalue weighted by molar-refractivity contribution is 6.76. The Labute approximate surface area is 175 Å². The maximum absolute atomic E-state index is 6.12. The molecule has 29 heavy (non-hydrogen) atoms. The second-order valence-corrected chi connectivity index (χ2v) is 15.5. The Morgan fingerprint density at radius 1 is 1.03 bits per heavy atom. The van der Waals surface area contributed by atoms with Crippen molar-refractivity contribution in [3.05, 3.63) is 36.7 Å². The minimum absolute atomic E-state index is 0.356. The smallest absolute Gasteiger partial charge is 0.399 e. The number of hydrogen-bond acceptors (Lipinski definition) is 7. The molecular weight excluding hydrogens is 383 g/mol. The maximum Gasteiger partial charge on any atom is 0.494 e. The van der Waals surface area contributed by atoms with Crippen molar-refractivity contribution in [3.63, 3.8) is 0 Å². The summed E-state index contributed by atoms with van der Waals surface area (Å²) in [6.07, 6.45) is 0. The molecule has 0 aliphatic carbocycles. The quantitative estimate of drug-likeness (QED) is 0.493. The van der Waals surface area contributed by atoms with Crippen LogP contribution in [0.3, 0.4) is 0 Å². The number of anilines is 1. The molecule has 1 fully saturated rings. The van der Waals surface area contributed by atoms with E-state index < -0.39 is 8.07 Å². The van der Waals surface area contributed by atoms with Crippen molar-refractivity contribution in [1.29, 1.82) is 0 Å². The van der Waals surface area contributed by atoms with E-state index in [0.29, 0.717) is 12.6 Å². The van der Waals surface area contributed by atoms with E-state index in [4.69, 9.17) is 14.0 Å². The molecule has 1 aromatic carbocycles. The zero-order chi connectivity index (χ0) is 21.4. The van der Waals surface area contributed by atoms with E-state index in [2.05, 4.69) is 64.4 Å². The molecule has 0 N–H and O–H groups in total. The Hall–Kier alpha value is -1.68. The zero-order valence-corrected chi connectivity index (χ0v) is 19.7. The predicted molar refractivity (Wildman–Crippen MR) is 119 cm³/mol. The SMILES string of the molecule is C=C1N(COCC[Si](C)(C)C)N=NN1c1ccc(B2OC(C)(C)C(C)(C)O2)cc1. The summed E-state index contributed by atoms with van der Waals surface area (Å²) in [6, 6.07) is 9.05. The van der Waals surface area contributed by atoms with Gasteiger partial charge in [-0.25, -0.2) is 5.01 Å². The molecule has 0 radical (unpaired) electrons. The van der Waals surface area contributed by atoms with Gasteiger partial charge < -0.3 is 14.0 Å². The van der Waals surface area contributed by atoms with Crippen LogP contribution < -0.4 is 10.5 Å². The van der Waals surface area contributed by atoms with Crippen LogP contribution in [-0.2, 0) is 14.0 Å². The van der Waals surface area contributed by atoms with Gasteiger partial charge in [-0.2, -0.15) is 5.01 Å². The Kier molecular flexibility index (Phi) is 5.97. The van der Waals surface area contributed by atoms with Gasteiger partial charge in [-0.3, -0.25) is 0 Å². The largest absolute Gasteiger partial charge is 0.494 e. The average molecular weight is 416 g/mol. The van der Waals surface area contributed by atoms with E-state index in [0.717, 1.165) is 23.8 Å². The van der Waals surface area contributed by atoms with Gasteiger partial charge in [-0.15, -0.1) is 0 Å². The molecule has 2 heterocycles. The third kappa shape index (κ3) is 4.91. The topological polar surface area (TPSA) is 58.9 Å². The summed E-state index contributed by atoms with van der Waals surface area (Å²) in [5, 5.41) is 11.8. The first kappa shape index (κ1) is 22.0. The molecule has 0 saturated carbocycles. The van der Waals surface area contributed by atoms with Gasteiger partial charge in [0.15, 0.2) is 0 Å². The minimum Gasteiger partial charge on any atom is -0.399 e. The summed E-state index contributed by atoms with van der Waals surface area (Å²) >= 11 is 0. The van der Waals surface area contributed by atoms with Crippen molar-refractivity contribution in [2.75, 3.05) is 18.3 Å². The van der Waals surface area contributed by atoms with Crippen LogP contribution in [0.2, 0.25) is 25.7 Å². The molecule has 158 valence electrons. The summed E-state index contributed by atoms with van der Waals surface area (Å²) in [4.78, 5) is 0. The summed E-state index contributed by atoms with van der Waals surface area (Å²) in [5.41, 5.74) is 1.14. The van der Waals surface area contributed by atoms with E-state index in [1.54, 1.807) is 10.0 Å². The Bertz CT molecular complexity index is 761. The predicted octanol–water partition coefficient (Wildman–Crippen LogP) is 4.17. The molecule has 9 heteroatoms. The Balaban J connectivity index is 1.57. The van der Waals surface area contributed by atoms with E-state index in [-0.39, 0.29) is 18.3 Å². The van der Waals surface area contributed by atoms with Gasteiger partial charge in [0.2, 0.25) is 0 Å². The number of ether oxygens (including phenoxy) is 1. The molecule has 0 atom stereocenters. The molecule has 1 saturated heterocycles. The van der Waals surface area contributed by atoms with E-state index in [1.807, 2.05) is 24.3 Å². The second-order valence-electron chi connectivity index (χ2n) is 9.83. The van der Waals surface area contributed by atoms with Crippen molar-refractivity contribution in [3.8, 4) is 0 Å². The van der Waals surface area contributed by atoms with E-state index in [1.165, 1.54) is 0 Å². The van der Waals surface area contributed by atoms with Gasteiger partial charge in [-0.05, 0) is 61.8 Å². The van der Waals surface area contributed by atoms with Gasteiger partial charge >= 0.3 is 7.12 Å². The lowest BCUT2D eigenvalue weighted by atomic mass is 9.79. The summed E-state index contributed by atoms with van der Waals surface area (Å²) in [7, 11) is -1.48. The van der Waals surface area contributed by atoms with Crippen molar-refractivity contribution < 1.29 is 14.0 Å². The normalized spacial score (nSPS) is 20.8. The Morgan fingerprint density at radius 3 is 2.17 bits per heavy atom. The van der Waals surface area contributed by atoms with Crippen LogP contribution in [0.25, 0.3) is 0 Å². The Morgan fingerprint density at radius 2 is 1.62 bits per heavy atom. The van der Waals surface area contributed by atoms with Gasteiger partial charge in [0.05, 0.1) is 16.9 Å². The standard InChI is InChI=1S/C20H33BN4O3Si/c1-16-24(15-26-13-14-29(6,7)8)22-23-25(16)18-11-9-17(10-12-18)21-27-19(2,3)20(4,5)28-21/h9-12H,1,13-15H2,2-8H3. The van der Waals surface area contributed by atoms with E-state index >= 15 is 0 Å². The lowest BCUT2D eigenvalue weighted by molar-refractivity contribution is 0.00578. The average Bonchev–Trinajstić information content (AvgIpc) is 3.07. The summed E-state index contributed by atoms with van der Waals surface area (Å²) in [5.74, 6) is 0.668. The van der Waals surface area contributed by atoms with Crippen LogP contribution in [0.15, 0.2) is 47.1 Å². The number of rotatable bonds is 7. The first-order chi connectivity index (χ1) is 13.4. The van der Waals surface area contributed by atoms with Crippen LogP contribution in [0.5, 0.6) is 0 Å². The highest BCUT2D eigenvalue weighted by Crippen LogP contribution is 2.36. The van der Waals surface area contributed by atoms with Gasteiger partial charge in [0.1, 0.15) is 12.6 Å². The number of benzene rings is 1. The summed E-state index contributed by atoms with van der Waals surface area (Å²) in [6.45, 7) is 20.4. The first-order valence-electron chi connectivity index (χ1n) is 10.1. The van der Waals surface area contributed by atoms with Crippen LogP contribution >= 0.6 is 0 Å². The van der Waals surface area contributed by atoms with Crippen LogP contribution in [0.4, 0.5) is 5.69 Å². The fourth-order valence-corrected chi connectivity index (χ4v) is 3.64. The lowest BCUT2D eigenvalue weighted by Gasteiger charge is -2.32. The molecule has 2 aliphatic rings. The van der Waals surface area contributed by atoms with Crippen molar-refractivity contribution >= 4 is 26.3 Å². The highest BCUT2D eigenvalue weighted by Gasteiger charge is 2.51. The van der Waals surface area contributed by atoms with Gasteiger partial charge in [-0.1, -0.05) is 38.4 Å². The zero-order valence-electron chi connectivity index (χ0n) is 18.7. The molecule has 2 aliphatic heterocycles. The lowest BCUT2D eigenvalue weighted by Crippen LogP contribution is -2.41. The fourth-order valence-electron chi connectivity index (χ4n) is 2.88. The molecule has 1 aromatic rings. The third-order valence-electron chi connectivity index (χ3n) is 5.65. The van der Waals surface area contributed by atoms with Crippen molar-refractivity contribution in [2.24, 2.45) is 10.4 Å². The molecule has 0 unspecified atom stereocenters. The van der Waals surface area contributed by atoms with Crippen molar-refractivity contribution in [1.82, 2.24) is 5.01 Å². The molecule has 7 nitrogen and oxygen atoms in total. The first-order valence-corrected chi connectivity index (χ1v) is 13.8. The monoisotopic (exact) mass is 416 g/mol. The molecular formula is C20H33BN4O3Si. The van der Waals surface area contributed by atoms with Crippen LogP contribution in [-0.4, -0.2) is 44.7 Å². The van der Waals surface area contributed by atoms with Gasteiger partial charge in [0.25, 0.3) is 0 Å². The molecule has 3 rings (SSSR count). The number of nitrogens with zero attached hydrogens (tertiary/aromatic N) is 4.